The van der Waals surface area contributed by atoms with Crippen molar-refractivity contribution >= 4 is 80.7 Å². The number of imidazole rings is 1. The Labute approximate surface area is 350 Å². The van der Waals surface area contributed by atoms with Crippen molar-refractivity contribution in [1.82, 2.24) is 14.5 Å². The van der Waals surface area contributed by atoms with Crippen molar-refractivity contribution in [3.05, 3.63) is 53.9 Å². The molecule has 0 spiro atoms. The summed E-state index contributed by atoms with van der Waals surface area (Å²) < 4.78 is 1.88. The number of hydrogen-bond acceptors (Lipinski definition) is 8. The number of Topliss-reactive ketones (excluding diaryl/α,β-unsaturated/α-hetero) is 3. The van der Waals surface area contributed by atoms with Gasteiger partial charge in [0, 0.05) is 148 Å². The maximum Gasteiger partial charge on any atom is 0.183 e. The Hall–Kier alpha value is 1.31. The van der Waals surface area contributed by atoms with Gasteiger partial charge in [0.1, 0.15) is 5.69 Å². The van der Waals surface area contributed by atoms with Crippen molar-refractivity contribution in [3.8, 4) is 0 Å². The molecule has 1 aliphatic heterocycles. The molecule has 43 heavy (non-hydrogen) atoms. The normalized spacial score (nSPS) is 9.81. The van der Waals surface area contributed by atoms with Gasteiger partial charge >= 0.3 is 0 Å². The summed E-state index contributed by atoms with van der Waals surface area (Å²) in [5.74, 6) is 0.748. The molecule has 3 rings (SSSR count). The fraction of sp³-hybridized carbons (Fsp3) is 0.519. The molecule has 0 aromatic carbocycles. The standard InChI is InChI=1S/C9H13NO.C8H11NO.C7H10N2O.3CH4BS.3U/c1-7(2)9(11)8-4-5-10(3)6-8;1-6(2)8(10)7-3-4-9-5-7;1-5(2)7(10)6-3-8-4-9-6;3*1-2-3;;;/h4-7H,1-3H3;3,5-6H,4H2,1-2H3;3-5H,1-2H3,(H,8,9);3*3H,1H3;;;. The maximum atomic E-state index is 11.3. The fourth-order valence-electron chi connectivity index (χ4n) is 2.54. The number of ketones is 3. The number of H-pyrrole nitrogens is 1. The average Bonchev–Trinajstić information content (AvgIpc) is 3.68. The van der Waals surface area contributed by atoms with Crippen LogP contribution in [0.25, 0.3) is 0 Å². The number of thiol groups is 3. The van der Waals surface area contributed by atoms with Crippen LogP contribution >= 0.6 is 37.4 Å². The first-order valence-electron chi connectivity index (χ1n) is 13.0. The van der Waals surface area contributed by atoms with Gasteiger partial charge in [-0.2, -0.15) is 0 Å². The van der Waals surface area contributed by atoms with Crippen LogP contribution < -0.4 is 0 Å². The number of carbonyl (C=O) groups excluding carboxylic acids is 3. The van der Waals surface area contributed by atoms with E-state index in [0.717, 1.165) is 11.1 Å². The number of carbonyl (C=O) groups is 3. The number of aromatic amines is 1. The van der Waals surface area contributed by atoms with Gasteiger partial charge in [0.2, 0.25) is 0 Å². The number of hydrogen-bond donors (Lipinski definition) is 4. The fourth-order valence-corrected chi connectivity index (χ4v) is 2.54. The van der Waals surface area contributed by atoms with E-state index in [0.29, 0.717) is 12.2 Å². The first-order chi connectivity index (χ1) is 18.8. The zero-order chi connectivity index (χ0) is 31.7. The van der Waals surface area contributed by atoms with Crippen LogP contribution in [0.2, 0.25) is 20.5 Å². The Balaban J connectivity index is -0.000000102. The predicted octanol–water partition coefficient (Wildman–Crippen LogP) is 6.09. The van der Waals surface area contributed by atoms with Gasteiger partial charge in [-0.3, -0.25) is 19.4 Å². The van der Waals surface area contributed by atoms with E-state index >= 15 is 0 Å². The first kappa shape index (κ1) is 56.6. The average molecular weight is 1320 g/mol. The van der Waals surface area contributed by atoms with E-state index in [9.17, 15) is 14.4 Å². The summed E-state index contributed by atoms with van der Waals surface area (Å²) >= 11 is 11.0. The van der Waals surface area contributed by atoms with Crippen LogP contribution in [-0.4, -0.2) is 64.3 Å². The molecule has 7 nitrogen and oxygen atoms in total. The van der Waals surface area contributed by atoms with Crippen LogP contribution in [-0.2, 0) is 11.8 Å². The minimum absolute atomic E-state index is 0. The van der Waals surface area contributed by atoms with Gasteiger partial charge in [-0.05, 0) is 6.07 Å². The summed E-state index contributed by atoms with van der Waals surface area (Å²) in [6.45, 7) is 22.7. The van der Waals surface area contributed by atoms with Crippen molar-refractivity contribution in [2.45, 2.75) is 62.0 Å². The molecule has 1 N–H and O–H groups in total. The third-order valence-corrected chi connectivity index (χ3v) is 4.38. The topological polar surface area (TPSA) is 97.2 Å². The van der Waals surface area contributed by atoms with Crippen LogP contribution in [0, 0.1) is 111 Å². The molecule has 2 aromatic rings. The van der Waals surface area contributed by atoms with Gasteiger partial charge in [-0.15, -0.1) is 0 Å². The Morgan fingerprint density at radius 1 is 0.837 bits per heavy atom. The third kappa shape index (κ3) is 31.7. The largest absolute Gasteiger partial charge is 0.357 e. The number of rotatable bonds is 6. The summed E-state index contributed by atoms with van der Waals surface area (Å²) in [4.78, 5) is 44.1. The molecule has 0 saturated heterocycles. The Bertz CT molecular complexity index is 1010. The Kier molecular flexibility index (Phi) is 49.7. The Morgan fingerprint density at radius 2 is 1.28 bits per heavy atom. The van der Waals surface area contributed by atoms with Crippen LogP contribution in [0.5, 0.6) is 0 Å². The van der Waals surface area contributed by atoms with E-state index in [1.165, 1.54) is 6.33 Å². The summed E-state index contributed by atoms with van der Waals surface area (Å²) in [6, 6.07) is 1.85. The van der Waals surface area contributed by atoms with Gasteiger partial charge < -0.3 is 9.55 Å². The van der Waals surface area contributed by atoms with E-state index in [1.807, 2.05) is 98.2 Å². The van der Waals surface area contributed by atoms with Crippen LogP contribution in [0.15, 0.2) is 47.6 Å². The molecule has 231 valence electrons. The molecule has 1 aliphatic rings. The van der Waals surface area contributed by atoms with Gasteiger partial charge in [-0.25, -0.2) is 42.4 Å². The second-order valence-corrected chi connectivity index (χ2v) is 10.6. The number of nitrogens with zero attached hydrogens (tertiary/aromatic N) is 3. The van der Waals surface area contributed by atoms with Crippen molar-refractivity contribution in [2.75, 3.05) is 6.54 Å². The van der Waals surface area contributed by atoms with Gasteiger partial charge in [0.05, 0.1) is 19.1 Å². The molecule has 0 aliphatic carbocycles. The summed E-state index contributed by atoms with van der Waals surface area (Å²) in [6.07, 6.45) is 10.3. The monoisotopic (exact) mass is 1320 g/mol. The van der Waals surface area contributed by atoms with Gasteiger partial charge in [0.25, 0.3) is 0 Å². The number of aromatic nitrogens is 3. The summed E-state index contributed by atoms with van der Waals surface area (Å²) in [5, 5.41) is 0. The predicted molar refractivity (Wildman–Crippen MR) is 185 cm³/mol. The smallest absolute Gasteiger partial charge is 0.183 e. The quantitative estimate of drug-likeness (QED) is 0.160. The molecule has 16 heteroatoms. The second-order valence-electron chi connectivity index (χ2n) is 9.02. The van der Waals surface area contributed by atoms with Crippen molar-refractivity contribution in [2.24, 2.45) is 29.8 Å². The Morgan fingerprint density at radius 3 is 1.56 bits per heavy atom. The van der Waals surface area contributed by atoms with Crippen molar-refractivity contribution in [1.29, 1.82) is 0 Å². The zero-order valence-corrected chi connectivity index (χ0v) is 42.3. The molecule has 0 atom stereocenters. The van der Waals surface area contributed by atoms with Crippen molar-refractivity contribution < 1.29 is 108 Å². The summed E-state index contributed by atoms with van der Waals surface area (Å²) in [7, 11) is 1.91. The third-order valence-electron chi connectivity index (χ3n) is 4.38. The number of allylic oxidation sites excluding steroid dienone is 1. The number of aryl methyl sites for hydroxylation is 1. The van der Waals surface area contributed by atoms with E-state index in [-0.39, 0.29) is 128 Å². The minimum Gasteiger partial charge on any atom is -0.357 e. The molecular formula is C27H46B3N4O3S3U3. The molecule has 3 heterocycles. The molecule has 0 amide bonds. The van der Waals surface area contributed by atoms with Crippen LogP contribution in [0.1, 0.15) is 62.4 Å². The molecule has 0 unspecified atom stereocenters. The molecule has 0 saturated carbocycles. The van der Waals surface area contributed by atoms with E-state index < -0.39 is 0 Å². The van der Waals surface area contributed by atoms with E-state index in [2.05, 4.69) is 52.4 Å². The van der Waals surface area contributed by atoms with E-state index in [1.54, 1.807) is 32.1 Å². The zero-order valence-electron chi connectivity index (χ0n) is 27.1. The minimum atomic E-state index is 0. The maximum absolute atomic E-state index is 11.3. The molecular weight excluding hydrogens is 1270 g/mol. The molecule has 3 radical (unpaired) electrons. The van der Waals surface area contributed by atoms with E-state index in [4.69, 9.17) is 0 Å². The molecule has 0 bridgehead atoms. The van der Waals surface area contributed by atoms with Crippen LogP contribution in [0.3, 0.4) is 0 Å². The van der Waals surface area contributed by atoms with Crippen molar-refractivity contribution in [3.63, 3.8) is 0 Å². The SMILES string of the molecule is CC(C)C(=O)C1=CCN=C1.CC(C)C(=O)c1ccn(C)c1.CC(C)C(=O)c1cnc[nH]1.C[B]S.C[B]S.C[B]S.[U].[U].[U]. The van der Waals surface area contributed by atoms with Gasteiger partial charge in [0.15, 0.2) is 37.0 Å². The number of nitrogens with one attached hydrogen (secondary N) is 1. The van der Waals surface area contributed by atoms with Crippen LogP contribution in [0.4, 0.5) is 0 Å². The second kappa shape index (κ2) is 37.8. The molecule has 0 fully saturated rings. The molecule has 2 aromatic heterocycles. The number of aliphatic imine (C=N–C) groups is 1. The summed E-state index contributed by atoms with van der Waals surface area (Å²) in [5.41, 5.74) is 2.17. The van der Waals surface area contributed by atoms with Gasteiger partial charge in [-0.1, -0.05) is 68.1 Å². The first-order valence-corrected chi connectivity index (χ1v) is 14.5.